The molecule has 2 unspecified atom stereocenters. The van der Waals surface area contributed by atoms with Crippen LogP contribution in [0.2, 0.25) is 0 Å². The van der Waals surface area contributed by atoms with Crippen LogP contribution in [0.4, 0.5) is 13.2 Å². The Morgan fingerprint density at radius 3 is 2.38 bits per heavy atom. The Balaban J connectivity index is 2.22. The van der Waals surface area contributed by atoms with Crippen molar-refractivity contribution >= 4 is 10.0 Å². The van der Waals surface area contributed by atoms with E-state index < -0.39 is 38.4 Å². The first kappa shape index (κ1) is 16.3. The number of sulfonamides is 1. The standard InChI is InChI=1S/C13H17F3N2O2S/c1-8(12-4-2-3-5-17-12)18-21(19,20)13-10(15)6-9(14)7-11(13)16/h6-8,12,17-18H,2-5H2,1H3. The summed E-state index contributed by atoms with van der Waals surface area (Å²) in [5.41, 5.74) is 0. The zero-order valence-electron chi connectivity index (χ0n) is 11.5. The smallest absolute Gasteiger partial charge is 0.246 e. The number of piperidine rings is 1. The highest BCUT2D eigenvalue weighted by Gasteiger charge is 2.29. The van der Waals surface area contributed by atoms with Crippen molar-refractivity contribution in [3.05, 3.63) is 29.6 Å². The zero-order valence-corrected chi connectivity index (χ0v) is 12.3. The van der Waals surface area contributed by atoms with Crippen LogP contribution in [0, 0.1) is 17.5 Å². The van der Waals surface area contributed by atoms with Gasteiger partial charge in [-0.15, -0.1) is 0 Å². The molecule has 0 amide bonds. The van der Waals surface area contributed by atoms with Gasteiger partial charge < -0.3 is 5.32 Å². The second kappa shape index (κ2) is 6.33. The van der Waals surface area contributed by atoms with E-state index in [0.29, 0.717) is 12.1 Å². The van der Waals surface area contributed by atoms with E-state index in [2.05, 4.69) is 10.0 Å². The van der Waals surface area contributed by atoms with Gasteiger partial charge in [0.25, 0.3) is 0 Å². The second-order valence-corrected chi connectivity index (χ2v) is 6.82. The molecule has 118 valence electrons. The molecule has 1 heterocycles. The molecule has 1 aromatic carbocycles. The molecular weight excluding hydrogens is 305 g/mol. The Hall–Kier alpha value is -1.12. The first-order chi connectivity index (χ1) is 9.81. The monoisotopic (exact) mass is 322 g/mol. The Labute approximate surface area is 121 Å². The van der Waals surface area contributed by atoms with E-state index in [4.69, 9.17) is 0 Å². The highest BCUT2D eigenvalue weighted by atomic mass is 32.2. The number of nitrogens with one attached hydrogen (secondary N) is 2. The molecule has 21 heavy (non-hydrogen) atoms. The highest BCUT2D eigenvalue weighted by molar-refractivity contribution is 7.89. The molecule has 0 radical (unpaired) electrons. The predicted molar refractivity (Wildman–Crippen MR) is 71.7 cm³/mol. The summed E-state index contributed by atoms with van der Waals surface area (Å²) in [6, 6.07) is 0.0711. The third-order valence-corrected chi connectivity index (χ3v) is 5.13. The molecule has 1 saturated heterocycles. The summed E-state index contributed by atoms with van der Waals surface area (Å²) in [7, 11) is -4.39. The van der Waals surface area contributed by atoms with Gasteiger partial charge in [0.15, 0.2) is 4.90 Å². The molecule has 1 fully saturated rings. The van der Waals surface area contributed by atoms with Crippen molar-refractivity contribution in [1.29, 1.82) is 0 Å². The summed E-state index contributed by atoms with van der Waals surface area (Å²) in [6.07, 6.45) is 2.75. The van der Waals surface area contributed by atoms with Gasteiger partial charge in [0.05, 0.1) is 0 Å². The lowest BCUT2D eigenvalue weighted by Gasteiger charge is -2.29. The average molecular weight is 322 g/mol. The van der Waals surface area contributed by atoms with Crippen molar-refractivity contribution in [2.45, 2.75) is 43.2 Å². The van der Waals surface area contributed by atoms with Crippen LogP contribution in [-0.2, 0) is 10.0 Å². The van der Waals surface area contributed by atoms with Gasteiger partial charge in [-0.05, 0) is 26.3 Å². The molecule has 2 rings (SSSR count). The zero-order chi connectivity index (χ0) is 15.6. The molecule has 0 spiro atoms. The number of rotatable bonds is 4. The van der Waals surface area contributed by atoms with Crippen molar-refractivity contribution in [2.75, 3.05) is 6.54 Å². The van der Waals surface area contributed by atoms with Crippen molar-refractivity contribution < 1.29 is 21.6 Å². The summed E-state index contributed by atoms with van der Waals surface area (Å²) in [5, 5.41) is 3.16. The van der Waals surface area contributed by atoms with Crippen molar-refractivity contribution in [3.63, 3.8) is 0 Å². The normalized spacial score (nSPS) is 21.2. The Kier molecular flexibility index (Phi) is 4.90. The lowest BCUT2D eigenvalue weighted by atomic mass is 10.00. The Bertz CT molecular complexity index is 593. The molecule has 2 N–H and O–H groups in total. The second-order valence-electron chi connectivity index (χ2n) is 5.16. The molecule has 1 aliphatic heterocycles. The fraction of sp³-hybridized carbons (Fsp3) is 0.538. The van der Waals surface area contributed by atoms with Crippen LogP contribution in [-0.4, -0.2) is 27.0 Å². The minimum atomic E-state index is -4.39. The van der Waals surface area contributed by atoms with Gasteiger partial charge in [0, 0.05) is 24.2 Å². The minimum absolute atomic E-state index is 0.0971. The van der Waals surface area contributed by atoms with Crippen molar-refractivity contribution in [3.8, 4) is 0 Å². The van der Waals surface area contributed by atoms with Crippen LogP contribution < -0.4 is 10.0 Å². The number of hydrogen-bond donors (Lipinski definition) is 2. The Morgan fingerprint density at radius 2 is 1.86 bits per heavy atom. The maximum Gasteiger partial charge on any atom is 0.246 e. The van der Waals surface area contributed by atoms with Crippen LogP contribution in [0.5, 0.6) is 0 Å². The summed E-state index contributed by atoms with van der Waals surface area (Å²) >= 11 is 0. The molecule has 0 aliphatic carbocycles. The molecule has 2 atom stereocenters. The molecule has 4 nitrogen and oxygen atoms in total. The quantitative estimate of drug-likeness (QED) is 0.890. The summed E-state index contributed by atoms with van der Waals surface area (Å²) in [4.78, 5) is -1.15. The van der Waals surface area contributed by atoms with Crippen LogP contribution in [0.3, 0.4) is 0 Å². The lowest BCUT2D eigenvalue weighted by Crippen LogP contribution is -2.50. The average Bonchev–Trinajstić information content (AvgIpc) is 2.37. The largest absolute Gasteiger partial charge is 0.312 e. The van der Waals surface area contributed by atoms with Gasteiger partial charge in [-0.25, -0.2) is 26.3 Å². The fourth-order valence-electron chi connectivity index (χ4n) is 2.48. The summed E-state index contributed by atoms with van der Waals surface area (Å²) in [6.45, 7) is 2.40. The first-order valence-corrected chi connectivity index (χ1v) is 8.20. The molecule has 0 aromatic heterocycles. The molecular formula is C13H17F3N2O2S. The third kappa shape index (κ3) is 3.75. The van der Waals surface area contributed by atoms with Gasteiger partial charge in [0.1, 0.15) is 17.5 Å². The molecule has 1 aromatic rings. The number of halogens is 3. The maximum absolute atomic E-state index is 13.6. The van der Waals surface area contributed by atoms with Crippen LogP contribution in [0.15, 0.2) is 17.0 Å². The highest BCUT2D eigenvalue weighted by Crippen LogP contribution is 2.21. The van der Waals surface area contributed by atoms with E-state index in [9.17, 15) is 21.6 Å². The number of hydrogen-bond acceptors (Lipinski definition) is 3. The van der Waals surface area contributed by atoms with E-state index in [1.54, 1.807) is 6.92 Å². The molecule has 1 aliphatic rings. The van der Waals surface area contributed by atoms with E-state index >= 15 is 0 Å². The fourth-order valence-corrected chi connectivity index (χ4v) is 3.88. The van der Waals surface area contributed by atoms with Gasteiger partial charge in [0.2, 0.25) is 10.0 Å². The SMILES string of the molecule is CC(NS(=O)(=O)c1c(F)cc(F)cc1F)C1CCCCN1. The van der Waals surface area contributed by atoms with E-state index in [-0.39, 0.29) is 6.04 Å². The van der Waals surface area contributed by atoms with Crippen molar-refractivity contribution in [1.82, 2.24) is 10.0 Å². The first-order valence-electron chi connectivity index (χ1n) is 6.71. The molecule has 8 heteroatoms. The number of benzene rings is 1. The van der Waals surface area contributed by atoms with Gasteiger partial charge in [-0.3, -0.25) is 0 Å². The summed E-state index contributed by atoms with van der Waals surface area (Å²) < 4.78 is 66.5. The van der Waals surface area contributed by atoms with Crippen LogP contribution in [0.25, 0.3) is 0 Å². The van der Waals surface area contributed by atoms with Crippen LogP contribution >= 0.6 is 0 Å². The van der Waals surface area contributed by atoms with Gasteiger partial charge in [-0.2, -0.15) is 0 Å². The van der Waals surface area contributed by atoms with E-state index in [1.165, 1.54) is 0 Å². The van der Waals surface area contributed by atoms with Crippen LogP contribution in [0.1, 0.15) is 26.2 Å². The third-order valence-electron chi connectivity index (χ3n) is 3.52. The maximum atomic E-state index is 13.6. The van der Waals surface area contributed by atoms with E-state index in [0.717, 1.165) is 25.8 Å². The summed E-state index contributed by atoms with van der Waals surface area (Å²) in [5.74, 6) is -4.04. The van der Waals surface area contributed by atoms with Gasteiger partial charge >= 0.3 is 0 Å². The predicted octanol–water partition coefficient (Wildman–Crippen LogP) is 1.91. The van der Waals surface area contributed by atoms with E-state index in [1.807, 2.05) is 0 Å². The Morgan fingerprint density at radius 1 is 1.24 bits per heavy atom. The lowest BCUT2D eigenvalue weighted by molar-refractivity contribution is 0.346. The minimum Gasteiger partial charge on any atom is -0.312 e. The molecule has 0 saturated carbocycles. The van der Waals surface area contributed by atoms with Gasteiger partial charge in [-0.1, -0.05) is 6.42 Å². The molecule has 0 bridgehead atoms. The van der Waals surface area contributed by atoms with Crippen molar-refractivity contribution in [2.24, 2.45) is 0 Å². The topological polar surface area (TPSA) is 58.2 Å².